The summed E-state index contributed by atoms with van der Waals surface area (Å²) in [6.07, 6.45) is 1.54. The molecule has 0 unspecified atom stereocenters. The minimum atomic E-state index is -0.472. The maximum atomic E-state index is 11.1. The average molecular weight is 232 g/mol. The molecule has 0 radical (unpaired) electrons. The van der Waals surface area contributed by atoms with Gasteiger partial charge in [-0.1, -0.05) is 13.8 Å². The number of nitrogens with zero attached hydrogens (tertiary/aromatic N) is 1. The third-order valence-electron chi connectivity index (χ3n) is 1.76. The molecule has 0 aromatic rings. The molecule has 0 rings (SSSR count). The maximum absolute atomic E-state index is 11.1. The van der Waals surface area contributed by atoms with E-state index in [0.29, 0.717) is 11.7 Å². The summed E-state index contributed by atoms with van der Waals surface area (Å²) in [4.78, 5) is 13.1. The topological polar surface area (TPSA) is 41.6 Å². The molecule has 1 amide bonds. The van der Waals surface area contributed by atoms with Crippen LogP contribution in [0.5, 0.6) is 0 Å². The van der Waals surface area contributed by atoms with Crippen molar-refractivity contribution in [2.45, 2.75) is 33.6 Å². The first kappa shape index (κ1) is 14.2. The Hall–Kier alpha value is -0.840. The molecule has 0 aliphatic heterocycles. The van der Waals surface area contributed by atoms with Gasteiger partial charge in [0.15, 0.2) is 5.11 Å². The molecule has 0 atom stereocenters. The van der Waals surface area contributed by atoms with Crippen molar-refractivity contribution in [1.29, 1.82) is 0 Å². The van der Waals surface area contributed by atoms with Gasteiger partial charge in [-0.3, -0.25) is 5.32 Å². The van der Waals surface area contributed by atoms with Crippen LogP contribution in [0.2, 0.25) is 0 Å². The number of hydrogen-bond donors (Lipinski definition) is 1. The number of carbonyl (C=O) groups excluding carboxylic acids is 1. The lowest BCUT2D eigenvalue weighted by Crippen LogP contribution is -2.43. The van der Waals surface area contributed by atoms with Crippen molar-refractivity contribution in [2.24, 2.45) is 0 Å². The number of alkyl carbamates (subject to hydrolysis) is 1. The fourth-order valence-corrected chi connectivity index (χ4v) is 1.45. The summed E-state index contributed by atoms with van der Waals surface area (Å²) in [6.45, 7) is 8.00. The van der Waals surface area contributed by atoms with Crippen molar-refractivity contribution >= 4 is 23.4 Å². The number of rotatable bonds is 5. The first-order valence-electron chi connectivity index (χ1n) is 5.38. The van der Waals surface area contributed by atoms with E-state index in [1.54, 1.807) is 6.92 Å². The standard InChI is InChI=1S/C10H20N2O2S/c1-4-7-12(8-5-2)9(15)11-10(13)14-6-3/h4-8H2,1-3H3,(H,11,13,15). The van der Waals surface area contributed by atoms with Gasteiger partial charge in [0.2, 0.25) is 0 Å². The van der Waals surface area contributed by atoms with Crippen molar-refractivity contribution in [3.8, 4) is 0 Å². The second-order valence-corrected chi connectivity index (χ2v) is 3.52. The highest BCUT2D eigenvalue weighted by molar-refractivity contribution is 7.80. The number of thiocarbonyl (C=S) groups is 1. The fraction of sp³-hybridized carbons (Fsp3) is 0.800. The van der Waals surface area contributed by atoms with Gasteiger partial charge >= 0.3 is 6.09 Å². The molecule has 15 heavy (non-hydrogen) atoms. The van der Waals surface area contributed by atoms with Crippen LogP contribution in [0.1, 0.15) is 33.6 Å². The Labute approximate surface area is 97.0 Å². The van der Waals surface area contributed by atoms with Crippen LogP contribution in [0.3, 0.4) is 0 Å². The Kier molecular flexibility index (Phi) is 7.99. The first-order valence-corrected chi connectivity index (χ1v) is 5.79. The molecule has 0 saturated carbocycles. The number of amides is 1. The molecule has 0 aliphatic carbocycles. The van der Waals surface area contributed by atoms with Crippen LogP contribution in [-0.4, -0.2) is 35.8 Å². The van der Waals surface area contributed by atoms with Gasteiger partial charge in [0, 0.05) is 13.1 Å². The monoisotopic (exact) mass is 232 g/mol. The molecular formula is C10H20N2O2S. The molecule has 0 aromatic heterocycles. The molecule has 0 fully saturated rings. The minimum Gasteiger partial charge on any atom is -0.450 e. The zero-order chi connectivity index (χ0) is 11.7. The highest BCUT2D eigenvalue weighted by atomic mass is 32.1. The minimum absolute atomic E-state index is 0.357. The second kappa shape index (κ2) is 8.47. The molecule has 0 aromatic carbocycles. The lowest BCUT2D eigenvalue weighted by molar-refractivity contribution is 0.156. The highest BCUT2D eigenvalue weighted by Crippen LogP contribution is 1.95. The normalized spacial score (nSPS) is 9.53. The van der Waals surface area contributed by atoms with E-state index >= 15 is 0 Å². The van der Waals surface area contributed by atoms with Crippen LogP contribution >= 0.6 is 12.2 Å². The summed E-state index contributed by atoms with van der Waals surface area (Å²) < 4.78 is 4.75. The molecule has 0 aliphatic rings. The van der Waals surface area contributed by atoms with E-state index in [1.807, 2.05) is 4.90 Å². The lowest BCUT2D eigenvalue weighted by Gasteiger charge is -2.23. The summed E-state index contributed by atoms with van der Waals surface area (Å²) in [7, 11) is 0. The quantitative estimate of drug-likeness (QED) is 0.737. The summed E-state index contributed by atoms with van der Waals surface area (Å²) in [5.74, 6) is 0. The van der Waals surface area contributed by atoms with E-state index in [-0.39, 0.29) is 0 Å². The number of hydrogen-bond acceptors (Lipinski definition) is 3. The van der Waals surface area contributed by atoms with Crippen molar-refractivity contribution in [3.63, 3.8) is 0 Å². The third kappa shape index (κ3) is 6.28. The molecular weight excluding hydrogens is 212 g/mol. The maximum Gasteiger partial charge on any atom is 0.413 e. The first-order chi connectivity index (χ1) is 7.15. The Morgan fingerprint density at radius 1 is 1.27 bits per heavy atom. The smallest absolute Gasteiger partial charge is 0.413 e. The van der Waals surface area contributed by atoms with E-state index in [0.717, 1.165) is 25.9 Å². The number of nitrogens with one attached hydrogen (secondary N) is 1. The van der Waals surface area contributed by atoms with Gasteiger partial charge in [-0.05, 0) is 32.0 Å². The summed E-state index contributed by atoms with van der Waals surface area (Å²) in [6, 6.07) is 0. The van der Waals surface area contributed by atoms with E-state index in [9.17, 15) is 4.79 Å². The molecule has 88 valence electrons. The predicted molar refractivity (Wildman–Crippen MR) is 64.9 cm³/mol. The molecule has 0 spiro atoms. The van der Waals surface area contributed by atoms with Crippen molar-refractivity contribution < 1.29 is 9.53 Å². The van der Waals surface area contributed by atoms with Crippen molar-refractivity contribution in [2.75, 3.05) is 19.7 Å². The predicted octanol–water partition coefficient (Wildman–Crippen LogP) is 2.14. The summed E-state index contributed by atoms with van der Waals surface area (Å²) >= 11 is 5.11. The zero-order valence-electron chi connectivity index (χ0n) is 9.71. The van der Waals surface area contributed by atoms with E-state index in [1.165, 1.54) is 0 Å². The number of carbonyl (C=O) groups is 1. The van der Waals surface area contributed by atoms with Crippen molar-refractivity contribution in [1.82, 2.24) is 10.2 Å². The van der Waals surface area contributed by atoms with Gasteiger partial charge < -0.3 is 9.64 Å². The third-order valence-corrected chi connectivity index (χ3v) is 2.12. The largest absolute Gasteiger partial charge is 0.450 e. The van der Waals surface area contributed by atoms with Crippen LogP contribution in [0.25, 0.3) is 0 Å². The molecule has 1 N–H and O–H groups in total. The fourth-order valence-electron chi connectivity index (χ4n) is 1.19. The number of ether oxygens (including phenoxy) is 1. The van der Waals surface area contributed by atoms with Crippen LogP contribution in [0, 0.1) is 0 Å². The second-order valence-electron chi connectivity index (χ2n) is 3.14. The lowest BCUT2D eigenvalue weighted by atomic mass is 10.4. The van der Waals surface area contributed by atoms with Crippen LogP contribution < -0.4 is 5.32 Å². The molecule has 0 heterocycles. The van der Waals surface area contributed by atoms with Crippen LogP contribution in [0.15, 0.2) is 0 Å². The molecule has 4 nitrogen and oxygen atoms in total. The highest BCUT2D eigenvalue weighted by Gasteiger charge is 2.10. The Bertz CT molecular complexity index is 204. The van der Waals surface area contributed by atoms with Gasteiger partial charge in [-0.15, -0.1) is 0 Å². The zero-order valence-corrected chi connectivity index (χ0v) is 10.5. The average Bonchev–Trinajstić information content (AvgIpc) is 2.17. The van der Waals surface area contributed by atoms with E-state index < -0.39 is 6.09 Å². The van der Waals surface area contributed by atoms with E-state index in [2.05, 4.69) is 19.2 Å². The van der Waals surface area contributed by atoms with Crippen molar-refractivity contribution in [3.05, 3.63) is 0 Å². The summed E-state index contributed by atoms with van der Waals surface area (Å²) in [5.41, 5.74) is 0. The molecule has 5 heteroatoms. The van der Waals surface area contributed by atoms with E-state index in [4.69, 9.17) is 17.0 Å². The van der Waals surface area contributed by atoms with Gasteiger partial charge in [-0.25, -0.2) is 4.79 Å². The van der Waals surface area contributed by atoms with Gasteiger partial charge in [-0.2, -0.15) is 0 Å². The Balaban J connectivity index is 4.06. The summed E-state index contributed by atoms with van der Waals surface area (Å²) in [5, 5.41) is 3.00. The van der Waals surface area contributed by atoms with Gasteiger partial charge in [0.1, 0.15) is 0 Å². The Morgan fingerprint density at radius 3 is 2.20 bits per heavy atom. The molecule has 0 bridgehead atoms. The SMILES string of the molecule is CCCN(CCC)C(=S)NC(=O)OCC. The molecule has 0 saturated heterocycles. The van der Waals surface area contributed by atoms with Crippen LogP contribution in [-0.2, 0) is 4.74 Å². The van der Waals surface area contributed by atoms with Crippen LogP contribution in [0.4, 0.5) is 4.79 Å². The van der Waals surface area contributed by atoms with Gasteiger partial charge in [0.25, 0.3) is 0 Å². The Morgan fingerprint density at radius 2 is 1.80 bits per heavy atom. The van der Waals surface area contributed by atoms with Gasteiger partial charge in [0.05, 0.1) is 6.61 Å².